The van der Waals surface area contributed by atoms with Gasteiger partial charge in [0.05, 0.1) is 0 Å². The zero-order chi connectivity index (χ0) is 14.5. The summed E-state index contributed by atoms with van der Waals surface area (Å²) in [6.07, 6.45) is 0. The number of carboxylic acid groups (broad SMARTS) is 1. The zero-order valence-electron chi connectivity index (χ0n) is 11.4. The van der Waals surface area contributed by atoms with Gasteiger partial charge >= 0.3 is 11.9 Å². The van der Waals surface area contributed by atoms with Crippen molar-refractivity contribution in [2.45, 2.75) is 26.4 Å². The second-order valence-electron chi connectivity index (χ2n) is 5.17. The van der Waals surface area contributed by atoms with E-state index in [1.165, 1.54) is 4.90 Å². The molecule has 104 valence electrons. The van der Waals surface area contributed by atoms with Crippen molar-refractivity contribution >= 4 is 17.6 Å². The normalized spacial score (nSPS) is 10.9. The van der Waals surface area contributed by atoms with E-state index in [0.717, 1.165) is 0 Å². The van der Waals surface area contributed by atoms with Crippen LogP contribution in [0, 0.1) is 0 Å². The molecular formula is C14H19NO4. The predicted molar refractivity (Wildman–Crippen MR) is 72.1 cm³/mol. The van der Waals surface area contributed by atoms with Gasteiger partial charge in [-0.1, -0.05) is 18.2 Å². The Kier molecular flexibility index (Phi) is 4.92. The molecule has 1 N–H and O–H groups in total. The Hall–Kier alpha value is -2.04. The Bertz CT molecular complexity index is 437. The van der Waals surface area contributed by atoms with Crippen LogP contribution in [0.4, 0.5) is 5.69 Å². The summed E-state index contributed by atoms with van der Waals surface area (Å²) in [5, 5.41) is 8.90. The first-order chi connectivity index (χ1) is 8.78. The summed E-state index contributed by atoms with van der Waals surface area (Å²) in [5.41, 5.74) is 0.0959. The third-order valence-electron chi connectivity index (χ3n) is 2.19. The monoisotopic (exact) mass is 265 g/mol. The fourth-order valence-electron chi connectivity index (χ4n) is 1.57. The lowest BCUT2D eigenvalue weighted by molar-refractivity contribution is -0.153. The molecular weight excluding hydrogens is 246 g/mol. The number of para-hydroxylation sites is 1. The van der Waals surface area contributed by atoms with E-state index in [0.29, 0.717) is 5.69 Å². The van der Waals surface area contributed by atoms with E-state index in [1.807, 2.05) is 6.07 Å². The van der Waals surface area contributed by atoms with Crippen molar-refractivity contribution in [1.82, 2.24) is 0 Å². The average Bonchev–Trinajstić information content (AvgIpc) is 2.26. The average molecular weight is 265 g/mol. The van der Waals surface area contributed by atoms with Crippen molar-refractivity contribution in [3.8, 4) is 0 Å². The topological polar surface area (TPSA) is 66.8 Å². The summed E-state index contributed by atoms with van der Waals surface area (Å²) in [6, 6.07) is 8.93. The SMILES string of the molecule is CC(C)(C)OC(=O)CN(CC(=O)O)c1ccccc1. The summed E-state index contributed by atoms with van der Waals surface area (Å²) < 4.78 is 5.20. The quantitative estimate of drug-likeness (QED) is 0.824. The Morgan fingerprint density at radius 1 is 1.16 bits per heavy atom. The van der Waals surface area contributed by atoms with Crippen LogP contribution in [-0.4, -0.2) is 35.7 Å². The summed E-state index contributed by atoms with van der Waals surface area (Å²) >= 11 is 0. The number of aliphatic carboxylic acids is 1. The molecule has 1 rings (SSSR count). The highest BCUT2D eigenvalue weighted by Gasteiger charge is 2.20. The zero-order valence-corrected chi connectivity index (χ0v) is 11.4. The van der Waals surface area contributed by atoms with Crippen LogP contribution in [0.5, 0.6) is 0 Å². The number of nitrogens with zero attached hydrogens (tertiary/aromatic N) is 1. The van der Waals surface area contributed by atoms with E-state index < -0.39 is 17.5 Å². The smallest absolute Gasteiger partial charge is 0.326 e. The van der Waals surface area contributed by atoms with E-state index in [1.54, 1.807) is 45.0 Å². The van der Waals surface area contributed by atoms with Crippen LogP contribution in [0.1, 0.15) is 20.8 Å². The van der Waals surface area contributed by atoms with Gasteiger partial charge in [-0.25, -0.2) is 0 Å². The molecule has 1 aromatic carbocycles. The van der Waals surface area contributed by atoms with Gasteiger partial charge in [-0.3, -0.25) is 9.59 Å². The van der Waals surface area contributed by atoms with Gasteiger partial charge in [0, 0.05) is 5.69 Å². The summed E-state index contributed by atoms with van der Waals surface area (Å²) in [6.45, 7) is 4.98. The number of carboxylic acids is 1. The molecule has 5 nitrogen and oxygen atoms in total. The first kappa shape index (κ1) is 15.0. The maximum atomic E-state index is 11.8. The lowest BCUT2D eigenvalue weighted by Gasteiger charge is -2.25. The van der Waals surface area contributed by atoms with Crippen LogP contribution in [0.15, 0.2) is 30.3 Å². The second kappa shape index (κ2) is 6.22. The Morgan fingerprint density at radius 3 is 2.21 bits per heavy atom. The van der Waals surface area contributed by atoms with Gasteiger partial charge < -0.3 is 14.7 Å². The molecule has 0 aliphatic rings. The number of hydrogen-bond acceptors (Lipinski definition) is 4. The van der Waals surface area contributed by atoms with Gasteiger partial charge in [0.25, 0.3) is 0 Å². The van der Waals surface area contributed by atoms with Crippen LogP contribution in [0.25, 0.3) is 0 Å². The summed E-state index contributed by atoms with van der Waals surface area (Å²) in [7, 11) is 0. The fourth-order valence-corrected chi connectivity index (χ4v) is 1.57. The molecule has 0 radical (unpaired) electrons. The first-order valence-electron chi connectivity index (χ1n) is 6.01. The second-order valence-corrected chi connectivity index (χ2v) is 5.17. The minimum absolute atomic E-state index is 0.0897. The van der Waals surface area contributed by atoms with Gasteiger partial charge in [0.1, 0.15) is 18.7 Å². The maximum absolute atomic E-state index is 11.8. The van der Waals surface area contributed by atoms with E-state index in [-0.39, 0.29) is 13.1 Å². The highest BCUT2D eigenvalue weighted by Crippen LogP contribution is 2.14. The van der Waals surface area contributed by atoms with E-state index in [4.69, 9.17) is 9.84 Å². The largest absolute Gasteiger partial charge is 0.480 e. The molecule has 0 saturated carbocycles. The molecule has 19 heavy (non-hydrogen) atoms. The van der Waals surface area contributed by atoms with Gasteiger partial charge in [-0.2, -0.15) is 0 Å². The molecule has 0 aliphatic carbocycles. The number of carbonyl (C=O) groups excluding carboxylic acids is 1. The minimum atomic E-state index is -0.993. The van der Waals surface area contributed by atoms with Gasteiger partial charge in [-0.15, -0.1) is 0 Å². The molecule has 0 aromatic heterocycles. The molecule has 5 heteroatoms. The van der Waals surface area contributed by atoms with Gasteiger partial charge in [-0.05, 0) is 32.9 Å². The highest BCUT2D eigenvalue weighted by molar-refractivity contribution is 5.80. The maximum Gasteiger partial charge on any atom is 0.326 e. The van der Waals surface area contributed by atoms with Crippen molar-refractivity contribution in [2.75, 3.05) is 18.0 Å². The first-order valence-corrected chi connectivity index (χ1v) is 6.01. The molecule has 0 saturated heterocycles. The van der Waals surface area contributed by atoms with E-state index >= 15 is 0 Å². The molecule has 0 atom stereocenters. The number of ether oxygens (including phenoxy) is 1. The Balaban J connectivity index is 2.76. The molecule has 0 spiro atoms. The molecule has 0 bridgehead atoms. The van der Waals surface area contributed by atoms with Gasteiger partial charge in [0.2, 0.25) is 0 Å². The van der Waals surface area contributed by atoms with E-state index in [9.17, 15) is 9.59 Å². The molecule has 0 fully saturated rings. The van der Waals surface area contributed by atoms with Gasteiger partial charge in [0.15, 0.2) is 0 Å². The van der Waals surface area contributed by atoms with Crippen molar-refractivity contribution in [2.24, 2.45) is 0 Å². The summed E-state index contributed by atoms with van der Waals surface area (Å²) in [4.78, 5) is 24.1. The van der Waals surface area contributed by atoms with E-state index in [2.05, 4.69) is 0 Å². The Labute approximate surface area is 112 Å². The molecule has 0 unspecified atom stereocenters. The number of rotatable bonds is 5. The van der Waals surface area contributed by atoms with Crippen LogP contribution in [0.3, 0.4) is 0 Å². The van der Waals surface area contributed by atoms with Crippen LogP contribution < -0.4 is 4.90 Å². The van der Waals surface area contributed by atoms with Crippen molar-refractivity contribution < 1.29 is 19.4 Å². The number of esters is 1. The predicted octanol–water partition coefficient (Wildman–Crippen LogP) is 1.92. The molecule has 0 heterocycles. The van der Waals surface area contributed by atoms with Crippen molar-refractivity contribution in [3.05, 3.63) is 30.3 Å². The van der Waals surface area contributed by atoms with Crippen LogP contribution in [-0.2, 0) is 14.3 Å². The molecule has 0 amide bonds. The number of hydrogen-bond donors (Lipinski definition) is 1. The molecule has 1 aromatic rings. The third-order valence-corrected chi connectivity index (χ3v) is 2.19. The van der Waals surface area contributed by atoms with Crippen LogP contribution in [0.2, 0.25) is 0 Å². The van der Waals surface area contributed by atoms with Crippen molar-refractivity contribution in [3.63, 3.8) is 0 Å². The lowest BCUT2D eigenvalue weighted by Crippen LogP contribution is -2.37. The highest BCUT2D eigenvalue weighted by atomic mass is 16.6. The third kappa shape index (κ3) is 5.90. The Morgan fingerprint density at radius 2 is 1.74 bits per heavy atom. The van der Waals surface area contributed by atoms with Crippen molar-refractivity contribution in [1.29, 1.82) is 0 Å². The number of anilines is 1. The standard InChI is InChI=1S/C14H19NO4/c1-14(2,3)19-13(18)10-15(9-12(16)17)11-7-5-4-6-8-11/h4-8H,9-10H2,1-3H3,(H,16,17). The van der Waals surface area contributed by atoms with Crippen LogP contribution >= 0.6 is 0 Å². The number of carbonyl (C=O) groups is 2. The minimum Gasteiger partial charge on any atom is -0.480 e. The lowest BCUT2D eigenvalue weighted by atomic mass is 10.2. The summed E-state index contributed by atoms with van der Waals surface area (Å²) in [5.74, 6) is -1.44. The number of benzene rings is 1. The molecule has 0 aliphatic heterocycles. The fraction of sp³-hybridized carbons (Fsp3) is 0.429.